The molecule has 0 unspecified atom stereocenters. The second kappa shape index (κ2) is 4.89. The van der Waals surface area contributed by atoms with Gasteiger partial charge in [0.2, 0.25) is 0 Å². The Morgan fingerprint density at radius 2 is 1.95 bits per heavy atom. The summed E-state index contributed by atoms with van der Waals surface area (Å²) < 4.78 is 5.34. The summed E-state index contributed by atoms with van der Waals surface area (Å²) in [6, 6.07) is 0. The average molecular weight is 276 g/mol. The van der Waals surface area contributed by atoms with E-state index < -0.39 is 5.97 Å². The molecule has 5 nitrogen and oxygen atoms in total. The standard InChI is InChI=1S/C15H20N2O3/c1-8-10(6-7-11(18)19)9(2)16-14-12(8)13(17-20-14)15(3,4)5/h6-7H2,1-5H3,(H,18,19). The van der Waals surface area contributed by atoms with Crippen LogP contribution in [0.4, 0.5) is 0 Å². The van der Waals surface area contributed by atoms with E-state index in [0.717, 1.165) is 27.9 Å². The largest absolute Gasteiger partial charge is 0.481 e. The van der Waals surface area contributed by atoms with Gasteiger partial charge in [0.15, 0.2) is 0 Å². The van der Waals surface area contributed by atoms with Crippen LogP contribution in [0.25, 0.3) is 11.1 Å². The molecule has 2 rings (SSSR count). The second-order valence-electron chi connectivity index (χ2n) is 6.16. The number of rotatable bonds is 3. The van der Waals surface area contributed by atoms with Gasteiger partial charge in [-0.25, -0.2) is 4.98 Å². The van der Waals surface area contributed by atoms with Crippen molar-refractivity contribution in [2.45, 2.75) is 52.9 Å². The van der Waals surface area contributed by atoms with E-state index in [2.05, 4.69) is 30.9 Å². The zero-order valence-corrected chi connectivity index (χ0v) is 12.6. The van der Waals surface area contributed by atoms with Crippen LogP contribution in [0.2, 0.25) is 0 Å². The van der Waals surface area contributed by atoms with E-state index >= 15 is 0 Å². The van der Waals surface area contributed by atoms with Gasteiger partial charge < -0.3 is 9.63 Å². The van der Waals surface area contributed by atoms with Crippen molar-refractivity contribution in [1.29, 1.82) is 0 Å². The number of nitrogens with zero attached hydrogens (tertiary/aromatic N) is 2. The number of hydrogen-bond acceptors (Lipinski definition) is 4. The van der Waals surface area contributed by atoms with Crippen LogP contribution in [-0.2, 0) is 16.6 Å². The van der Waals surface area contributed by atoms with Crippen LogP contribution in [0.5, 0.6) is 0 Å². The Balaban J connectivity index is 2.62. The van der Waals surface area contributed by atoms with Crippen LogP contribution in [0.1, 0.15) is 49.7 Å². The quantitative estimate of drug-likeness (QED) is 0.931. The lowest BCUT2D eigenvalue weighted by Crippen LogP contribution is -2.13. The molecule has 0 saturated heterocycles. The molecule has 0 bridgehead atoms. The summed E-state index contributed by atoms with van der Waals surface area (Å²) in [5.41, 5.74) is 4.08. The maximum atomic E-state index is 10.8. The topological polar surface area (TPSA) is 76.2 Å². The molecule has 0 spiro atoms. The number of pyridine rings is 1. The lowest BCUT2D eigenvalue weighted by molar-refractivity contribution is -0.136. The highest BCUT2D eigenvalue weighted by molar-refractivity contribution is 5.82. The molecule has 0 saturated carbocycles. The first-order valence-electron chi connectivity index (χ1n) is 6.69. The highest BCUT2D eigenvalue weighted by Gasteiger charge is 2.25. The minimum atomic E-state index is -0.801. The van der Waals surface area contributed by atoms with E-state index in [1.54, 1.807) is 0 Å². The van der Waals surface area contributed by atoms with Crippen molar-refractivity contribution in [3.8, 4) is 0 Å². The Bertz CT molecular complexity index is 666. The first-order chi connectivity index (χ1) is 9.21. The summed E-state index contributed by atoms with van der Waals surface area (Å²) >= 11 is 0. The molecular weight excluding hydrogens is 256 g/mol. The predicted molar refractivity (Wildman–Crippen MR) is 75.9 cm³/mol. The van der Waals surface area contributed by atoms with Crippen molar-refractivity contribution in [2.75, 3.05) is 0 Å². The average Bonchev–Trinajstić information content (AvgIpc) is 2.71. The van der Waals surface area contributed by atoms with Gasteiger partial charge in [0.05, 0.1) is 11.1 Å². The smallest absolute Gasteiger partial charge is 0.303 e. The Hall–Kier alpha value is -1.91. The van der Waals surface area contributed by atoms with Crippen LogP contribution < -0.4 is 0 Å². The zero-order chi connectivity index (χ0) is 15.1. The monoisotopic (exact) mass is 276 g/mol. The van der Waals surface area contributed by atoms with Crippen LogP contribution in [-0.4, -0.2) is 21.2 Å². The highest BCUT2D eigenvalue weighted by Crippen LogP contribution is 2.33. The fourth-order valence-electron chi connectivity index (χ4n) is 2.45. The lowest BCUT2D eigenvalue weighted by Gasteiger charge is -2.16. The number of aliphatic carboxylic acids is 1. The van der Waals surface area contributed by atoms with Gasteiger partial charge >= 0.3 is 5.97 Å². The van der Waals surface area contributed by atoms with Crippen molar-refractivity contribution >= 4 is 17.1 Å². The molecule has 0 aliphatic heterocycles. The summed E-state index contributed by atoms with van der Waals surface area (Å²) in [5.74, 6) is -0.801. The Morgan fingerprint density at radius 3 is 2.50 bits per heavy atom. The number of hydrogen-bond donors (Lipinski definition) is 1. The summed E-state index contributed by atoms with van der Waals surface area (Å²) in [7, 11) is 0. The molecule has 108 valence electrons. The maximum absolute atomic E-state index is 10.8. The van der Waals surface area contributed by atoms with Gasteiger partial charge in [-0.1, -0.05) is 25.9 Å². The van der Waals surface area contributed by atoms with Crippen LogP contribution in [0.3, 0.4) is 0 Å². The van der Waals surface area contributed by atoms with E-state index in [-0.39, 0.29) is 11.8 Å². The SMILES string of the molecule is Cc1nc2onc(C(C)(C)C)c2c(C)c1CCC(=O)O. The zero-order valence-electron chi connectivity index (χ0n) is 12.6. The third-order valence-corrected chi connectivity index (χ3v) is 3.51. The Morgan fingerprint density at radius 1 is 1.30 bits per heavy atom. The van der Waals surface area contributed by atoms with E-state index in [4.69, 9.17) is 9.63 Å². The van der Waals surface area contributed by atoms with Gasteiger partial charge in [-0.05, 0) is 31.4 Å². The molecule has 20 heavy (non-hydrogen) atoms. The van der Waals surface area contributed by atoms with Gasteiger partial charge in [-0.15, -0.1) is 0 Å². The van der Waals surface area contributed by atoms with E-state index in [9.17, 15) is 4.79 Å². The van der Waals surface area contributed by atoms with Crippen molar-refractivity contribution in [3.05, 3.63) is 22.5 Å². The third kappa shape index (κ3) is 2.53. The molecule has 0 fully saturated rings. The molecule has 5 heteroatoms. The third-order valence-electron chi connectivity index (χ3n) is 3.51. The first kappa shape index (κ1) is 14.5. The molecule has 0 aromatic carbocycles. The number of carboxylic acid groups (broad SMARTS) is 1. The second-order valence-corrected chi connectivity index (χ2v) is 6.16. The van der Waals surface area contributed by atoms with Crippen LogP contribution >= 0.6 is 0 Å². The van der Waals surface area contributed by atoms with E-state index in [1.807, 2.05) is 13.8 Å². The lowest BCUT2D eigenvalue weighted by atomic mass is 9.88. The molecule has 1 N–H and O–H groups in total. The summed E-state index contributed by atoms with van der Waals surface area (Å²) in [6.45, 7) is 10.1. The minimum absolute atomic E-state index is 0.102. The molecule has 0 amide bonds. The molecule has 0 aliphatic carbocycles. The molecule has 0 radical (unpaired) electrons. The maximum Gasteiger partial charge on any atom is 0.303 e. The summed E-state index contributed by atoms with van der Waals surface area (Å²) in [5, 5.41) is 13.9. The molecule has 0 atom stereocenters. The van der Waals surface area contributed by atoms with Crippen molar-refractivity contribution < 1.29 is 14.4 Å². The normalized spacial score (nSPS) is 12.1. The van der Waals surface area contributed by atoms with Crippen LogP contribution in [0, 0.1) is 13.8 Å². The number of fused-ring (bicyclic) bond motifs is 1. The number of carboxylic acids is 1. The number of aromatic nitrogens is 2. The first-order valence-corrected chi connectivity index (χ1v) is 6.69. The van der Waals surface area contributed by atoms with Gasteiger partial charge in [0.25, 0.3) is 5.71 Å². The minimum Gasteiger partial charge on any atom is -0.481 e. The van der Waals surface area contributed by atoms with E-state index in [0.29, 0.717) is 12.1 Å². The predicted octanol–water partition coefficient (Wildman–Crippen LogP) is 3.15. The number of carbonyl (C=O) groups is 1. The van der Waals surface area contributed by atoms with Crippen molar-refractivity contribution in [3.63, 3.8) is 0 Å². The van der Waals surface area contributed by atoms with Gasteiger partial charge in [0.1, 0.15) is 0 Å². The van der Waals surface area contributed by atoms with Gasteiger partial charge in [-0.3, -0.25) is 4.79 Å². The van der Waals surface area contributed by atoms with Gasteiger partial charge in [-0.2, -0.15) is 0 Å². The molecule has 2 aromatic heterocycles. The fraction of sp³-hybridized carbons (Fsp3) is 0.533. The van der Waals surface area contributed by atoms with Gasteiger partial charge in [0, 0.05) is 17.5 Å². The van der Waals surface area contributed by atoms with Crippen LogP contribution in [0.15, 0.2) is 4.52 Å². The van der Waals surface area contributed by atoms with Crippen molar-refractivity contribution in [2.24, 2.45) is 0 Å². The molecule has 0 aliphatic rings. The molecule has 2 heterocycles. The number of aryl methyl sites for hydroxylation is 2. The van der Waals surface area contributed by atoms with Crippen molar-refractivity contribution in [1.82, 2.24) is 10.1 Å². The summed E-state index contributed by atoms with van der Waals surface area (Å²) in [4.78, 5) is 15.2. The van der Waals surface area contributed by atoms with E-state index in [1.165, 1.54) is 0 Å². The molecular formula is C15H20N2O3. The summed E-state index contributed by atoms with van der Waals surface area (Å²) in [6.07, 6.45) is 0.579. The molecule has 2 aromatic rings. The Kier molecular flexibility index (Phi) is 3.54. The Labute approximate surface area is 118 Å². The fourth-order valence-corrected chi connectivity index (χ4v) is 2.45. The highest BCUT2D eigenvalue weighted by atomic mass is 16.5.